The van der Waals surface area contributed by atoms with E-state index >= 15 is 0 Å². The molecule has 0 bridgehead atoms. The number of aromatic hydroxyl groups is 1. The molecule has 0 aliphatic carbocycles. The van der Waals surface area contributed by atoms with Gasteiger partial charge in [-0.2, -0.15) is 8.42 Å². The molecule has 0 aliphatic rings. The summed E-state index contributed by atoms with van der Waals surface area (Å²) in [6.45, 7) is 1.07. The Morgan fingerprint density at radius 1 is 0.667 bits per heavy atom. The van der Waals surface area contributed by atoms with Crippen molar-refractivity contribution in [3.8, 4) is 34.3 Å². The van der Waals surface area contributed by atoms with E-state index in [1.54, 1.807) is 98.9 Å². The van der Waals surface area contributed by atoms with Crippen LogP contribution in [0.2, 0.25) is 0 Å². The second-order valence-corrected chi connectivity index (χ2v) is 12.9. The third-order valence-electron chi connectivity index (χ3n) is 8.43. The van der Waals surface area contributed by atoms with Gasteiger partial charge in [0.2, 0.25) is 0 Å². The molecular formula is C36H31N7O7S. The number of hydrogen-bond donors (Lipinski definition) is 2. The predicted molar refractivity (Wildman–Crippen MR) is 190 cm³/mol. The minimum absolute atomic E-state index is 0.0817. The molecule has 3 heterocycles. The molecule has 0 spiro atoms. The average Bonchev–Trinajstić information content (AvgIpc) is 3.57. The highest BCUT2D eigenvalue weighted by molar-refractivity contribution is 7.81. The molecular weight excluding hydrogens is 675 g/mol. The van der Waals surface area contributed by atoms with E-state index in [1.165, 1.54) is 12.1 Å². The monoisotopic (exact) mass is 705 g/mol. The van der Waals surface area contributed by atoms with E-state index in [9.17, 15) is 23.1 Å². The molecule has 0 radical (unpaired) electrons. The van der Waals surface area contributed by atoms with Gasteiger partial charge in [0.15, 0.2) is 0 Å². The van der Waals surface area contributed by atoms with Crippen LogP contribution in [0.25, 0.3) is 44.6 Å². The third-order valence-corrected chi connectivity index (χ3v) is 8.84. The summed E-state index contributed by atoms with van der Waals surface area (Å²) in [6.07, 6.45) is 3.70. The number of phenolic OH excluding ortho intramolecular Hbond substituents is 1. The van der Waals surface area contributed by atoms with E-state index in [4.69, 9.17) is 14.5 Å². The maximum absolute atomic E-state index is 13.7. The Labute approximate surface area is 290 Å². The lowest BCUT2D eigenvalue weighted by atomic mass is 10.1. The zero-order valence-electron chi connectivity index (χ0n) is 27.0. The summed E-state index contributed by atoms with van der Waals surface area (Å²) in [4.78, 5) is 36.9. The van der Waals surface area contributed by atoms with Gasteiger partial charge in [-0.25, -0.2) is 14.6 Å². The first-order chi connectivity index (χ1) is 24.6. The molecule has 258 valence electrons. The van der Waals surface area contributed by atoms with Gasteiger partial charge in [0.25, 0.3) is 11.1 Å². The number of phenols is 1. The van der Waals surface area contributed by atoms with Gasteiger partial charge in [-0.15, -0.1) is 5.10 Å². The van der Waals surface area contributed by atoms with E-state index < -0.39 is 10.4 Å². The van der Waals surface area contributed by atoms with Gasteiger partial charge in [-0.3, -0.25) is 23.3 Å². The van der Waals surface area contributed by atoms with Crippen molar-refractivity contribution >= 4 is 32.2 Å². The van der Waals surface area contributed by atoms with Crippen molar-refractivity contribution < 1.29 is 22.3 Å². The largest absolute Gasteiger partial charge is 0.508 e. The number of aryl methyl sites for hydroxylation is 1. The van der Waals surface area contributed by atoms with Crippen LogP contribution in [0.1, 0.15) is 25.0 Å². The molecule has 0 saturated heterocycles. The smallest absolute Gasteiger partial charge is 0.446 e. The van der Waals surface area contributed by atoms with Gasteiger partial charge < -0.3 is 9.29 Å². The first-order valence-electron chi connectivity index (χ1n) is 16.1. The zero-order chi connectivity index (χ0) is 35.5. The van der Waals surface area contributed by atoms with E-state index in [1.807, 2.05) is 6.07 Å². The van der Waals surface area contributed by atoms with Crippen LogP contribution >= 0.6 is 0 Å². The first-order valence-corrected chi connectivity index (χ1v) is 17.4. The molecule has 51 heavy (non-hydrogen) atoms. The van der Waals surface area contributed by atoms with Crippen molar-refractivity contribution in [2.75, 3.05) is 0 Å². The number of nitrogens with zero attached hydrogens (tertiary/aromatic N) is 7. The second-order valence-electron chi connectivity index (χ2n) is 11.8. The molecule has 7 rings (SSSR count). The Balaban J connectivity index is 1.08. The number of rotatable bonds is 12. The molecule has 0 aliphatic heterocycles. The SMILES string of the molecule is O=c1c2ccccc2nc(-c2ccc(OS(=O)(=O)O)cc2)n1CCCCCn1nncc1Cn1c(-c2ccc(O)cc2)nc2ccccc2c1=O. The number of hydrogen-bond acceptors (Lipinski definition) is 10. The molecule has 2 N–H and O–H groups in total. The lowest BCUT2D eigenvalue weighted by molar-refractivity contribution is 0.387. The van der Waals surface area contributed by atoms with E-state index in [-0.39, 0.29) is 29.2 Å². The zero-order valence-corrected chi connectivity index (χ0v) is 27.8. The van der Waals surface area contributed by atoms with Crippen molar-refractivity contribution in [2.24, 2.45) is 0 Å². The van der Waals surface area contributed by atoms with Gasteiger partial charge in [0.1, 0.15) is 23.1 Å². The van der Waals surface area contributed by atoms with Crippen LogP contribution in [0, 0.1) is 0 Å². The summed E-state index contributed by atoms with van der Waals surface area (Å²) in [6, 6.07) is 26.6. The summed E-state index contributed by atoms with van der Waals surface area (Å²) < 4.78 is 40.7. The Hall–Kier alpha value is -6.19. The van der Waals surface area contributed by atoms with Gasteiger partial charge in [0.05, 0.1) is 40.2 Å². The molecule has 4 aromatic carbocycles. The number of benzene rings is 4. The maximum Gasteiger partial charge on any atom is 0.446 e. The Kier molecular flexibility index (Phi) is 9.13. The van der Waals surface area contributed by atoms with Crippen molar-refractivity contribution in [1.82, 2.24) is 34.1 Å². The summed E-state index contributed by atoms with van der Waals surface area (Å²) in [5.41, 5.74) is 2.65. The summed E-state index contributed by atoms with van der Waals surface area (Å²) in [5.74, 6) is 0.893. The molecule has 0 fully saturated rings. The van der Waals surface area contributed by atoms with E-state index in [2.05, 4.69) is 14.5 Å². The van der Waals surface area contributed by atoms with Crippen LogP contribution in [0.5, 0.6) is 11.5 Å². The lowest BCUT2D eigenvalue weighted by Gasteiger charge is -2.15. The Bertz CT molecular complexity index is 2600. The van der Waals surface area contributed by atoms with Crippen molar-refractivity contribution in [3.63, 3.8) is 0 Å². The van der Waals surface area contributed by atoms with Gasteiger partial charge in [0, 0.05) is 24.2 Å². The molecule has 7 aromatic rings. The fourth-order valence-electron chi connectivity index (χ4n) is 5.98. The van der Waals surface area contributed by atoms with E-state index in [0.29, 0.717) is 76.2 Å². The minimum atomic E-state index is -4.68. The highest BCUT2D eigenvalue weighted by Crippen LogP contribution is 2.24. The fourth-order valence-corrected chi connectivity index (χ4v) is 6.34. The van der Waals surface area contributed by atoms with Crippen molar-refractivity contribution in [1.29, 1.82) is 0 Å². The van der Waals surface area contributed by atoms with Gasteiger partial charge >= 0.3 is 10.4 Å². The molecule has 0 atom stereocenters. The number of aromatic nitrogens is 7. The minimum Gasteiger partial charge on any atom is -0.508 e. The van der Waals surface area contributed by atoms with Crippen LogP contribution in [-0.4, -0.2) is 52.2 Å². The van der Waals surface area contributed by atoms with Crippen molar-refractivity contribution in [3.05, 3.63) is 130 Å². The summed E-state index contributed by atoms with van der Waals surface area (Å²) in [5, 5.41) is 19.2. The normalized spacial score (nSPS) is 11.7. The van der Waals surface area contributed by atoms with Crippen LogP contribution in [0.4, 0.5) is 0 Å². The Morgan fingerprint density at radius 2 is 1.22 bits per heavy atom. The number of para-hydroxylation sites is 2. The highest BCUT2D eigenvalue weighted by Gasteiger charge is 2.17. The van der Waals surface area contributed by atoms with Crippen LogP contribution in [0.15, 0.2) is 113 Å². The predicted octanol–water partition coefficient (Wildman–Crippen LogP) is 4.84. The fraction of sp³-hybridized carbons (Fsp3) is 0.167. The molecule has 0 unspecified atom stereocenters. The van der Waals surface area contributed by atoms with Crippen LogP contribution in [-0.2, 0) is 30.0 Å². The highest BCUT2D eigenvalue weighted by atomic mass is 32.3. The quantitative estimate of drug-likeness (QED) is 0.131. The molecule has 14 nitrogen and oxygen atoms in total. The van der Waals surface area contributed by atoms with E-state index in [0.717, 1.165) is 6.42 Å². The summed E-state index contributed by atoms with van der Waals surface area (Å²) >= 11 is 0. The number of fused-ring (bicyclic) bond motifs is 2. The average molecular weight is 706 g/mol. The topological polar surface area (TPSA) is 184 Å². The van der Waals surface area contributed by atoms with Gasteiger partial charge in [-0.1, -0.05) is 29.5 Å². The second kappa shape index (κ2) is 14.0. The molecule has 0 saturated carbocycles. The summed E-state index contributed by atoms with van der Waals surface area (Å²) in [7, 11) is -4.68. The molecule has 3 aromatic heterocycles. The third kappa shape index (κ3) is 7.25. The van der Waals surface area contributed by atoms with Crippen LogP contribution in [0.3, 0.4) is 0 Å². The van der Waals surface area contributed by atoms with Gasteiger partial charge in [-0.05, 0) is 92.1 Å². The standard InChI is InChI=1S/C36H31N7O7S/c44-27-16-12-24(13-17-27)34-39-32-11-5-3-9-30(32)36(46)42(34)23-26-22-37-40-43(26)21-7-1-6-20-41-33(38-31-10-4-2-8-29(31)35(41)45)25-14-18-28(19-15-25)50-51(47,48)49/h2-5,8-19,22,44H,1,6-7,20-21,23H2,(H,47,48,49). The van der Waals surface area contributed by atoms with Crippen molar-refractivity contribution in [2.45, 2.75) is 38.9 Å². The number of unbranched alkanes of at least 4 members (excludes halogenated alkanes) is 2. The first kappa shape index (κ1) is 33.3. The Morgan fingerprint density at radius 3 is 1.84 bits per heavy atom. The molecule has 0 amide bonds. The lowest BCUT2D eigenvalue weighted by Crippen LogP contribution is -2.25. The van der Waals surface area contributed by atoms with Crippen LogP contribution < -0.4 is 15.3 Å². The maximum atomic E-state index is 13.7. The molecule has 15 heteroatoms.